The summed E-state index contributed by atoms with van der Waals surface area (Å²) in [4.78, 5) is 24.7. The molecule has 0 bridgehead atoms. The van der Waals surface area contributed by atoms with Crippen molar-refractivity contribution < 1.29 is 19.2 Å². The molecule has 0 saturated heterocycles. The molecule has 9 heteroatoms. The molecule has 0 aliphatic rings. The van der Waals surface area contributed by atoms with Gasteiger partial charge < -0.3 is 14.8 Å². The minimum Gasteiger partial charge on any atom is -0.493 e. The molecule has 29 heavy (non-hydrogen) atoms. The predicted octanol–water partition coefficient (Wildman–Crippen LogP) is 4.11. The summed E-state index contributed by atoms with van der Waals surface area (Å²) in [6, 6.07) is 9.08. The molecule has 1 atom stereocenters. The van der Waals surface area contributed by atoms with Crippen LogP contribution in [0.3, 0.4) is 0 Å². The van der Waals surface area contributed by atoms with Crippen LogP contribution in [0.15, 0.2) is 36.4 Å². The molecule has 0 fully saturated rings. The molecule has 8 nitrogen and oxygen atoms in total. The summed E-state index contributed by atoms with van der Waals surface area (Å²) in [5.41, 5.74) is 1.15. The second-order valence-corrected chi connectivity index (χ2v) is 6.83. The minimum absolute atomic E-state index is 0.110. The molecule has 1 N–H and O–H groups in total. The number of nitrogens with zero attached hydrogens (tertiary/aromatic N) is 2. The number of nitro benzene ring substituents is 1. The van der Waals surface area contributed by atoms with Crippen molar-refractivity contribution in [3.63, 3.8) is 0 Å². The Hall–Kier alpha value is -2.84. The van der Waals surface area contributed by atoms with Crippen molar-refractivity contribution >= 4 is 28.9 Å². The van der Waals surface area contributed by atoms with Gasteiger partial charge in [0.2, 0.25) is 5.91 Å². The zero-order chi connectivity index (χ0) is 21.6. The number of halogens is 1. The fraction of sp³-hybridized carbons (Fsp3) is 0.350. The quantitative estimate of drug-likeness (QED) is 0.483. The van der Waals surface area contributed by atoms with E-state index >= 15 is 0 Å². The third kappa shape index (κ3) is 5.82. The number of hydrogen-bond acceptors (Lipinski definition) is 6. The van der Waals surface area contributed by atoms with Crippen LogP contribution < -0.4 is 14.8 Å². The number of nitrogens with one attached hydrogen (secondary N) is 1. The highest BCUT2D eigenvalue weighted by Gasteiger charge is 2.20. The number of amides is 1. The van der Waals surface area contributed by atoms with E-state index in [2.05, 4.69) is 5.32 Å². The van der Waals surface area contributed by atoms with Crippen LogP contribution in [0.1, 0.15) is 19.4 Å². The standard InChI is InChI=1S/C20H24ClN3O5/c1-5-29-18-9-6-14(10-19(18)28-4)12-23(3)13(2)20(25)22-17-8-7-15(24(26)27)11-16(17)21/h6-11,13H,5,12H2,1-4H3,(H,22,25)/t13-/m0/s1. The lowest BCUT2D eigenvalue weighted by atomic mass is 10.1. The molecule has 0 aromatic heterocycles. The number of carbonyl (C=O) groups excluding carboxylic acids is 1. The van der Waals surface area contributed by atoms with E-state index in [0.717, 1.165) is 5.56 Å². The maximum absolute atomic E-state index is 12.6. The SMILES string of the molecule is CCOc1ccc(CN(C)[C@@H](C)C(=O)Nc2ccc([N+](=O)[O-])cc2Cl)cc1OC. The van der Waals surface area contributed by atoms with Gasteiger partial charge in [-0.3, -0.25) is 19.8 Å². The smallest absolute Gasteiger partial charge is 0.271 e. The summed E-state index contributed by atoms with van der Waals surface area (Å²) in [6.45, 7) is 4.71. The highest BCUT2D eigenvalue weighted by Crippen LogP contribution is 2.29. The van der Waals surface area contributed by atoms with Crippen LogP contribution in [0.25, 0.3) is 0 Å². The summed E-state index contributed by atoms with van der Waals surface area (Å²) < 4.78 is 10.9. The van der Waals surface area contributed by atoms with Gasteiger partial charge in [0.1, 0.15) is 0 Å². The van der Waals surface area contributed by atoms with E-state index in [0.29, 0.717) is 30.3 Å². The second-order valence-electron chi connectivity index (χ2n) is 6.42. The first-order valence-corrected chi connectivity index (χ1v) is 9.39. The maximum Gasteiger partial charge on any atom is 0.271 e. The lowest BCUT2D eigenvalue weighted by Crippen LogP contribution is -2.39. The van der Waals surface area contributed by atoms with E-state index in [1.165, 1.54) is 18.2 Å². The molecule has 156 valence electrons. The second kappa shape index (κ2) is 10.1. The van der Waals surface area contributed by atoms with Crippen LogP contribution >= 0.6 is 11.6 Å². The summed E-state index contributed by atoms with van der Waals surface area (Å²) in [7, 11) is 3.40. The Morgan fingerprint density at radius 3 is 2.59 bits per heavy atom. The Kier molecular flexibility index (Phi) is 7.81. The van der Waals surface area contributed by atoms with Gasteiger partial charge in [-0.25, -0.2) is 0 Å². The number of ether oxygens (including phenoxy) is 2. The Bertz CT molecular complexity index is 890. The van der Waals surface area contributed by atoms with E-state index in [9.17, 15) is 14.9 Å². The van der Waals surface area contributed by atoms with Crippen LogP contribution in [-0.4, -0.2) is 42.5 Å². The molecule has 0 aliphatic heterocycles. The zero-order valence-electron chi connectivity index (χ0n) is 16.8. The van der Waals surface area contributed by atoms with E-state index in [1.807, 2.05) is 37.1 Å². The summed E-state index contributed by atoms with van der Waals surface area (Å²) >= 11 is 6.05. The van der Waals surface area contributed by atoms with E-state index in [4.69, 9.17) is 21.1 Å². The average Bonchev–Trinajstić information content (AvgIpc) is 2.69. The van der Waals surface area contributed by atoms with Crippen LogP contribution in [0, 0.1) is 10.1 Å². The van der Waals surface area contributed by atoms with Crippen LogP contribution in [-0.2, 0) is 11.3 Å². The average molecular weight is 422 g/mol. The largest absolute Gasteiger partial charge is 0.493 e. The number of hydrogen-bond donors (Lipinski definition) is 1. The summed E-state index contributed by atoms with van der Waals surface area (Å²) in [5.74, 6) is 1.02. The molecule has 0 heterocycles. The summed E-state index contributed by atoms with van der Waals surface area (Å²) in [5, 5.41) is 13.6. The fourth-order valence-corrected chi connectivity index (χ4v) is 2.89. The van der Waals surface area contributed by atoms with Gasteiger partial charge in [0, 0.05) is 18.7 Å². The minimum atomic E-state index is -0.543. The summed E-state index contributed by atoms with van der Waals surface area (Å²) in [6.07, 6.45) is 0. The highest BCUT2D eigenvalue weighted by atomic mass is 35.5. The van der Waals surface area contributed by atoms with Gasteiger partial charge in [0.25, 0.3) is 5.69 Å². The van der Waals surface area contributed by atoms with E-state index < -0.39 is 11.0 Å². The molecule has 1 amide bonds. The number of benzene rings is 2. The van der Waals surface area contributed by atoms with Gasteiger partial charge in [-0.2, -0.15) is 0 Å². The fourth-order valence-electron chi connectivity index (χ4n) is 2.67. The molecule has 0 radical (unpaired) electrons. The topological polar surface area (TPSA) is 93.9 Å². The number of likely N-dealkylation sites (N-methyl/N-ethyl adjacent to an activating group) is 1. The van der Waals surface area contributed by atoms with E-state index in [-0.39, 0.29) is 16.6 Å². The molecular weight excluding hydrogens is 398 g/mol. The normalized spacial score (nSPS) is 11.8. The molecule has 0 saturated carbocycles. The van der Waals surface area contributed by atoms with Gasteiger partial charge in [0.15, 0.2) is 11.5 Å². The zero-order valence-corrected chi connectivity index (χ0v) is 17.5. The van der Waals surface area contributed by atoms with Crippen LogP contribution in [0.5, 0.6) is 11.5 Å². The van der Waals surface area contributed by atoms with E-state index in [1.54, 1.807) is 14.0 Å². The van der Waals surface area contributed by atoms with Crippen molar-refractivity contribution in [2.45, 2.75) is 26.4 Å². The molecule has 2 aromatic rings. The van der Waals surface area contributed by atoms with Gasteiger partial charge in [-0.15, -0.1) is 0 Å². The number of nitro groups is 1. The van der Waals surface area contributed by atoms with Crippen LogP contribution in [0.2, 0.25) is 5.02 Å². The lowest BCUT2D eigenvalue weighted by Gasteiger charge is -2.24. The molecular formula is C20H24ClN3O5. The molecule has 0 unspecified atom stereocenters. The monoisotopic (exact) mass is 421 g/mol. The van der Waals surface area contributed by atoms with Crippen molar-refractivity contribution in [2.24, 2.45) is 0 Å². The van der Waals surface area contributed by atoms with Gasteiger partial charge in [-0.05, 0) is 44.7 Å². The number of non-ortho nitro benzene ring substituents is 1. The van der Waals surface area contributed by atoms with Crippen molar-refractivity contribution in [3.8, 4) is 11.5 Å². The maximum atomic E-state index is 12.6. The Morgan fingerprint density at radius 2 is 2.00 bits per heavy atom. The van der Waals surface area contributed by atoms with Crippen LogP contribution in [0.4, 0.5) is 11.4 Å². The first-order chi connectivity index (χ1) is 13.8. The number of anilines is 1. The highest BCUT2D eigenvalue weighted by molar-refractivity contribution is 6.34. The van der Waals surface area contributed by atoms with Gasteiger partial charge in [-0.1, -0.05) is 17.7 Å². The predicted molar refractivity (Wildman–Crippen MR) is 112 cm³/mol. The Labute approximate surface area is 174 Å². The van der Waals surface area contributed by atoms with Crippen molar-refractivity contribution in [1.29, 1.82) is 0 Å². The Morgan fingerprint density at radius 1 is 1.28 bits per heavy atom. The van der Waals surface area contributed by atoms with Crippen molar-refractivity contribution in [1.82, 2.24) is 4.90 Å². The molecule has 2 aromatic carbocycles. The number of rotatable bonds is 9. The third-order valence-electron chi connectivity index (χ3n) is 4.42. The number of methoxy groups -OCH3 is 1. The number of carbonyl (C=O) groups is 1. The Balaban J connectivity index is 2.05. The first-order valence-electron chi connectivity index (χ1n) is 9.01. The molecule has 0 aliphatic carbocycles. The van der Waals surface area contributed by atoms with Crippen molar-refractivity contribution in [2.75, 3.05) is 26.1 Å². The third-order valence-corrected chi connectivity index (χ3v) is 4.73. The first kappa shape index (κ1) is 22.4. The van der Waals surface area contributed by atoms with Crippen molar-refractivity contribution in [3.05, 3.63) is 57.1 Å². The van der Waals surface area contributed by atoms with Gasteiger partial charge in [0.05, 0.1) is 35.4 Å². The molecule has 2 rings (SSSR count). The molecule has 0 spiro atoms. The lowest BCUT2D eigenvalue weighted by molar-refractivity contribution is -0.384. The van der Waals surface area contributed by atoms with Gasteiger partial charge >= 0.3 is 0 Å².